The van der Waals surface area contributed by atoms with Crippen molar-refractivity contribution in [3.8, 4) is 0 Å². The molecule has 0 spiro atoms. The molecule has 0 saturated heterocycles. The third-order valence-electron chi connectivity index (χ3n) is 20.0. The molecule has 15 aromatic rings. The van der Waals surface area contributed by atoms with Crippen molar-refractivity contribution in [1.29, 1.82) is 0 Å². The first-order chi connectivity index (χ1) is 54.8. The number of nitrogens with zero attached hydrogens (tertiary/aromatic N) is 9. The first-order valence-corrected chi connectivity index (χ1v) is 40.3. The summed E-state index contributed by atoms with van der Waals surface area (Å²) in [5.41, 5.74) is 26.9. The fraction of sp³-hybridized carbons (Fsp3) is 0.284. The van der Waals surface area contributed by atoms with Gasteiger partial charge in [-0.05, 0) is 171 Å². The zero-order chi connectivity index (χ0) is 80.9. The van der Waals surface area contributed by atoms with Gasteiger partial charge in [0.2, 0.25) is 16.7 Å². The van der Waals surface area contributed by atoms with Gasteiger partial charge in [-0.1, -0.05) is 143 Å². The van der Waals surface area contributed by atoms with Gasteiger partial charge < -0.3 is 49.6 Å². The Morgan fingerprint density at radius 1 is 0.421 bits per heavy atom. The number of furan rings is 4. The largest absolute Gasteiger partial charge is 0.448 e. The maximum Gasteiger partial charge on any atom is 0.297 e. The van der Waals surface area contributed by atoms with E-state index in [-0.39, 0.29) is 113 Å². The molecule has 0 radical (unpaired) electrons. The minimum Gasteiger partial charge on any atom is -0.448 e. The number of hydrogen-bond donors (Lipinski definition) is 3. The van der Waals surface area contributed by atoms with Crippen molar-refractivity contribution in [2.75, 3.05) is 39.3 Å². The highest BCUT2D eigenvalue weighted by Crippen LogP contribution is 2.38. The SMILES string of the molecule is Cc1ccc(C(=O)N(CCN)C(c2nc3c(oc4ccccc43)c(=O)n2Cc2cc(C)cs2)C(C)C)cc1.Cc1ccc(C(=O)N(CCN)C(c2nc3c(oc4ccccc43)c(=O)n2Cc2ccc(Cl)o2)C(C)C)cc1.Cc1ccc(C(=O)N(CCN)C(c2nc3c(oc4ccccc43)c(=O)n2Cc2ccc(Cl)s2)C(C)C)cc1. The lowest BCUT2D eigenvalue weighted by molar-refractivity contribution is 0.0606. The molecular formula is C88H90Cl2N12O10S2. The Labute approximate surface area is 675 Å². The molecule has 0 bridgehead atoms. The summed E-state index contributed by atoms with van der Waals surface area (Å²) in [6.07, 6.45) is 0. The zero-order valence-corrected chi connectivity index (χ0v) is 68.2. The molecule has 0 aliphatic heterocycles. The summed E-state index contributed by atoms with van der Waals surface area (Å²) >= 11 is 15.2. The summed E-state index contributed by atoms with van der Waals surface area (Å²) in [6.45, 7) is 22.5. The van der Waals surface area contributed by atoms with Crippen molar-refractivity contribution < 1.29 is 32.1 Å². The number of halogens is 2. The molecule has 6 aromatic carbocycles. The Morgan fingerprint density at radius 2 is 0.763 bits per heavy atom. The van der Waals surface area contributed by atoms with Crippen molar-refractivity contribution in [2.24, 2.45) is 35.0 Å². The van der Waals surface area contributed by atoms with Crippen LogP contribution in [-0.2, 0) is 19.6 Å². The summed E-state index contributed by atoms with van der Waals surface area (Å²) in [6, 6.07) is 52.3. The molecule has 6 N–H and O–H groups in total. The number of aromatic nitrogens is 6. The minimum absolute atomic E-state index is 0.0465. The Hall–Kier alpha value is -11.1. The number of nitrogens with two attached hydrogens (primary N) is 3. The predicted molar refractivity (Wildman–Crippen MR) is 453 cm³/mol. The Kier molecular flexibility index (Phi) is 24.9. The molecule has 26 heteroatoms. The van der Waals surface area contributed by atoms with E-state index in [1.807, 2.05) is 203 Å². The number of rotatable bonds is 24. The maximum atomic E-state index is 14.0. The number of hydrogen-bond acceptors (Lipinski definition) is 18. The zero-order valence-electron chi connectivity index (χ0n) is 65.1. The first-order valence-electron chi connectivity index (χ1n) is 37.9. The number of thiophene rings is 2. The van der Waals surface area contributed by atoms with Crippen LogP contribution in [-0.4, -0.2) is 100 Å². The third-order valence-corrected chi connectivity index (χ3v) is 22.5. The van der Waals surface area contributed by atoms with E-state index in [2.05, 4.69) is 11.4 Å². The first kappa shape index (κ1) is 80.9. The molecule has 0 aliphatic rings. The van der Waals surface area contributed by atoms with Crippen LogP contribution in [0.4, 0.5) is 0 Å². The lowest BCUT2D eigenvalue weighted by Crippen LogP contribution is -2.43. The second kappa shape index (κ2) is 35.1. The molecule has 114 heavy (non-hydrogen) atoms. The van der Waals surface area contributed by atoms with Gasteiger partial charge in [0, 0.05) is 81.9 Å². The van der Waals surface area contributed by atoms with E-state index in [4.69, 9.17) is 73.0 Å². The highest BCUT2D eigenvalue weighted by atomic mass is 35.5. The highest BCUT2D eigenvalue weighted by molar-refractivity contribution is 7.16. The Bertz CT molecular complexity index is 5590. The van der Waals surface area contributed by atoms with Crippen molar-refractivity contribution in [3.63, 3.8) is 0 Å². The number of benzene rings is 6. The minimum atomic E-state index is -0.566. The van der Waals surface area contributed by atoms with E-state index in [9.17, 15) is 28.8 Å². The molecule has 0 fully saturated rings. The number of carbonyl (C=O) groups excluding carboxylic acids is 3. The highest BCUT2D eigenvalue weighted by Gasteiger charge is 2.38. The smallest absolute Gasteiger partial charge is 0.297 e. The molecule has 15 rings (SSSR count). The van der Waals surface area contributed by atoms with Gasteiger partial charge in [0.1, 0.15) is 56.5 Å². The topological polar surface area (TPSA) is 296 Å². The Balaban J connectivity index is 0.000000149. The van der Waals surface area contributed by atoms with E-state index in [0.29, 0.717) is 97.2 Å². The predicted octanol–water partition coefficient (Wildman–Crippen LogP) is 17.2. The number of fused-ring (bicyclic) bond motifs is 9. The van der Waals surface area contributed by atoms with Gasteiger partial charge in [0.15, 0.2) is 5.22 Å². The lowest BCUT2D eigenvalue weighted by atomic mass is 9.99. The van der Waals surface area contributed by atoms with Gasteiger partial charge in [-0.25, -0.2) is 15.0 Å². The van der Waals surface area contributed by atoms with Gasteiger partial charge in [0.25, 0.3) is 34.4 Å². The molecule has 3 amide bonds. The molecule has 588 valence electrons. The monoisotopic (exact) mass is 1610 g/mol. The molecule has 3 atom stereocenters. The summed E-state index contributed by atoms with van der Waals surface area (Å²) in [4.78, 5) is 106. The summed E-state index contributed by atoms with van der Waals surface area (Å²) in [7, 11) is 0. The van der Waals surface area contributed by atoms with Crippen LogP contribution in [0.5, 0.6) is 0 Å². The molecule has 0 saturated carbocycles. The third kappa shape index (κ3) is 16.9. The van der Waals surface area contributed by atoms with E-state index < -0.39 is 18.1 Å². The second-order valence-electron chi connectivity index (χ2n) is 29.4. The van der Waals surface area contributed by atoms with Crippen molar-refractivity contribution >= 4 is 130 Å². The summed E-state index contributed by atoms with van der Waals surface area (Å²) < 4.78 is 28.9. The fourth-order valence-electron chi connectivity index (χ4n) is 14.6. The van der Waals surface area contributed by atoms with Crippen LogP contribution in [0.2, 0.25) is 9.56 Å². The van der Waals surface area contributed by atoms with Gasteiger partial charge in [0.05, 0.1) is 42.1 Å². The second-order valence-corrected chi connectivity index (χ2v) is 32.6. The van der Waals surface area contributed by atoms with E-state index >= 15 is 0 Å². The van der Waals surface area contributed by atoms with Crippen LogP contribution in [0.1, 0.15) is 146 Å². The lowest BCUT2D eigenvalue weighted by Gasteiger charge is -2.35. The van der Waals surface area contributed by atoms with Crippen LogP contribution in [0.3, 0.4) is 0 Å². The van der Waals surface area contributed by atoms with Crippen molar-refractivity contribution in [1.82, 2.24) is 43.4 Å². The van der Waals surface area contributed by atoms with Gasteiger partial charge in [-0.2, -0.15) is 0 Å². The molecule has 22 nitrogen and oxygen atoms in total. The van der Waals surface area contributed by atoms with E-state index in [1.165, 1.54) is 15.9 Å². The summed E-state index contributed by atoms with van der Waals surface area (Å²) in [5.74, 6) is 1.21. The van der Waals surface area contributed by atoms with Crippen molar-refractivity contribution in [2.45, 2.75) is 107 Å². The Morgan fingerprint density at radius 3 is 1.06 bits per heavy atom. The molecular weight excluding hydrogens is 1520 g/mol. The van der Waals surface area contributed by atoms with Crippen LogP contribution >= 0.6 is 45.9 Å². The average molecular weight is 1610 g/mol. The van der Waals surface area contributed by atoms with E-state index in [1.54, 1.807) is 71.6 Å². The number of carbonyl (C=O) groups is 3. The van der Waals surface area contributed by atoms with Crippen LogP contribution in [0.15, 0.2) is 213 Å². The number of aryl methyl sites for hydroxylation is 4. The van der Waals surface area contributed by atoms with Gasteiger partial charge in [-0.15, -0.1) is 22.7 Å². The van der Waals surface area contributed by atoms with Crippen LogP contribution in [0.25, 0.3) is 66.2 Å². The molecule has 9 aromatic heterocycles. The normalized spacial score (nSPS) is 12.5. The van der Waals surface area contributed by atoms with E-state index in [0.717, 1.165) is 48.2 Å². The number of amides is 3. The van der Waals surface area contributed by atoms with Crippen molar-refractivity contribution in [3.05, 3.63) is 294 Å². The van der Waals surface area contributed by atoms with Crippen LogP contribution in [0, 0.1) is 45.4 Å². The van der Waals surface area contributed by atoms with Gasteiger partial charge in [-0.3, -0.25) is 42.5 Å². The van der Waals surface area contributed by atoms with Crippen LogP contribution < -0.4 is 33.9 Å². The maximum absolute atomic E-state index is 14.0. The van der Waals surface area contributed by atoms with Gasteiger partial charge >= 0.3 is 0 Å². The number of para-hydroxylation sites is 3. The average Bonchev–Trinajstić information content (AvgIpc) is 1.70. The molecule has 9 heterocycles. The quantitative estimate of drug-likeness (QED) is 0.0506. The fourth-order valence-corrected chi connectivity index (χ4v) is 16.7. The summed E-state index contributed by atoms with van der Waals surface area (Å²) in [5, 5.41) is 4.54. The molecule has 3 unspecified atom stereocenters. The standard InChI is InChI=1S/C30H32N4O3S.C29H29ClN4O4.C29H29ClN4O3S/c1-18(2)26(33(14-13-31)29(35)21-11-9-19(3)10-12-21)28-32-25-23-7-5-6-8-24(23)37-27(25)30(36)34(28)16-22-15-20(4)17-38-22;1-17(2)25(33(15-14-31)28(35)19-10-8-18(3)9-11-19)27-32-24-21-6-4-5-7-22(21)38-26(24)29(36)34(27)16-20-12-13-23(30)37-20;1-17(2)25(33(15-14-31)28(35)19-10-8-18(3)9-11-19)27-32-24-21-6-4-5-7-22(21)37-26(24)29(36)34(27)16-20-12-13-23(30)38-20/h5-12,15,17-18,26H,13-14,16,31H2,1-4H3;2*4-13,17,25H,14-16,31H2,1-3H3. The molecule has 0 aliphatic carbocycles.